The summed E-state index contributed by atoms with van der Waals surface area (Å²) in [5.74, 6) is -0.912. The van der Waals surface area contributed by atoms with Gasteiger partial charge in [-0.1, -0.05) is 42.5 Å². The molecule has 1 aliphatic rings. The van der Waals surface area contributed by atoms with Crippen LogP contribution in [0.5, 0.6) is 11.5 Å². The largest absolute Gasteiger partial charge is 0.508 e. The molecule has 4 rings (SSSR count). The van der Waals surface area contributed by atoms with Crippen LogP contribution in [0.4, 0.5) is 0 Å². The third-order valence-electron chi connectivity index (χ3n) is 4.90. The van der Waals surface area contributed by atoms with Gasteiger partial charge in [0.25, 0.3) is 15.9 Å². The maximum atomic E-state index is 11.8. The highest BCUT2D eigenvalue weighted by Crippen LogP contribution is 2.26. The summed E-state index contributed by atoms with van der Waals surface area (Å²) in [6.45, 7) is 0. The molecule has 9 nitrogen and oxygen atoms in total. The average Bonchev–Trinajstić information content (AvgIpc) is 2.78. The fraction of sp³-hybridized carbons (Fsp3) is 0.0870. The monoisotopic (exact) mass is 466 g/mol. The number of benzene rings is 3. The van der Waals surface area contributed by atoms with E-state index in [1.807, 2.05) is 24.3 Å². The van der Waals surface area contributed by atoms with Crippen molar-refractivity contribution < 1.29 is 37.6 Å². The van der Waals surface area contributed by atoms with Gasteiger partial charge < -0.3 is 15.7 Å². The summed E-state index contributed by atoms with van der Waals surface area (Å²) in [5, 5.41) is 19.2. The molecule has 0 bridgehead atoms. The Morgan fingerprint density at radius 1 is 0.848 bits per heavy atom. The number of carbonyl (C=O) groups excluding carboxylic acids is 2. The predicted molar refractivity (Wildman–Crippen MR) is 117 cm³/mol. The molecule has 168 valence electrons. The molecule has 10 heteroatoms. The molecule has 0 saturated carbocycles. The third kappa shape index (κ3) is 5.21. The second-order valence-electron chi connectivity index (χ2n) is 7.06. The molecule has 1 aliphatic carbocycles. The number of nitrogens with zero attached hydrogens (tertiary/aromatic N) is 2. The predicted octanol–water partition coefficient (Wildman–Crippen LogP) is 3.06. The van der Waals surface area contributed by atoms with Crippen LogP contribution in [-0.4, -0.2) is 45.3 Å². The standard InChI is InChI=1S/C13H12O2.C10H6N2O5S/c14-12-7-3-1-5-10(12)9-11-6-2-4-8-13(11)15;11-12-6-4-7(13)9-5(10(6)14)2-1-3-8(9)18(15,16)17/h1-8,14-15H,9H2;1-3H,4H2,(H,15,16,17). The van der Waals surface area contributed by atoms with Crippen molar-refractivity contribution in [3.8, 4) is 11.5 Å². The van der Waals surface area contributed by atoms with E-state index in [1.165, 1.54) is 12.1 Å². The summed E-state index contributed by atoms with van der Waals surface area (Å²) in [6, 6.07) is 17.8. The lowest BCUT2D eigenvalue weighted by atomic mass is 9.88. The van der Waals surface area contributed by atoms with E-state index < -0.39 is 33.0 Å². The molecule has 33 heavy (non-hydrogen) atoms. The molecular formula is C23H18N2O7S. The Balaban J connectivity index is 0.000000189. The van der Waals surface area contributed by atoms with Crippen molar-refractivity contribution in [2.45, 2.75) is 17.7 Å². The second-order valence-corrected chi connectivity index (χ2v) is 8.45. The molecule has 3 N–H and O–H groups in total. The smallest absolute Gasteiger partial charge is 0.347 e. The molecule has 3 aromatic carbocycles. The van der Waals surface area contributed by atoms with Crippen LogP contribution in [0.3, 0.4) is 0 Å². The first kappa shape index (κ1) is 23.6. The molecule has 0 spiro atoms. The first-order valence-corrected chi connectivity index (χ1v) is 11.0. The molecule has 0 atom stereocenters. The number of fused-ring (bicyclic) bond motifs is 1. The molecule has 0 aliphatic heterocycles. The lowest BCUT2D eigenvalue weighted by molar-refractivity contribution is -0.00892. The van der Waals surface area contributed by atoms with Crippen molar-refractivity contribution in [1.82, 2.24) is 0 Å². The van der Waals surface area contributed by atoms with Gasteiger partial charge in [-0.15, -0.1) is 0 Å². The Morgan fingerprint density at radius 3 is 1.88 bits per heavy atom. The summed E-state index contributed by atoms with van der Waals surface area (Å²) < 4.78 is 31.2. The molecular weight excluding hydrogens is 448 g/mol. The Morgan fingerprint density at radius 2 is 1.39 bits per heavy atom. The highest BCUT2D eigenvalue weighted by molar-refractivity contribution is 7.86. The van der Waals surface area contributed by atoms with Gasteiger partial charge in [0.2, 0.25) is 0 Å². The van der Waals surface area contributed by atoms with E-state index in [-0.39, 0.29) is 28.3 Å². The van der Waals surface area contributed by atoms with E-state index in [0.717, 1.165) is 17.2 Å². The van der Waals surface area contributed by atoms with Crippen LogP contribution in [0.1, 0.15) is 38.3 Å². The summed E-state index contributed by atoms with van der Waals surface area (Å²) in [5.41, 5.74) is 9.29. The zero-order valence-corrected chi connectivity index (χ0v) is 17.9. The van der Waals surface area contributed by atoms with E-state index in [9.17, 15) is 28.2 Å². The number of hydrogen-bond donors (Lipinski definition) is 3. The van der Waals surface area contributed by atoms with Crippen LogP contribution in [0.2, 0.25) is 0 Å². The number of Topliss-reactive ketones (excluding diaryl/α,β-unsaturated/α-hetero) is 2. The van der Waals surface area contributed by atoms with Crippen molar-refractivity contribution in [1.29, 1.82) is 0 Å². The number of phenols is 2. The van der Waals surface area contributed by atoms with Gasteiger partial charge in [0.15, 0.2) is 5.78 Å². The lowest BCUT2D eigenvalue weighted by Gasteiger charge is -2.13. The van der Waals surface area contributed by atoms with Crippen molar-refractivity contribution in [2.24, 2.45) is 0 Å². The fourth-order valence-electron chi connectivity index (χ4n) is 3.31. The van der Waals surface area contributed by atoms with Gasteiger partial charge in [0.05, 0.1) is 5.56 Å². The maximum absolute atomic E-state index is 11.8. The minimum absolute atomic E-state index is 0.200. The molecule has 0 saturated heterocycles. The van der Waals surface area contributed by atoms with Gasteiger partial charge in [-0.3, -0.25) is 14.1 Å². The van der Waals surface area contributed by atoms with Crippen LogP contribution in [-0.2, 0) is 16.5 Å². The van der Waals surface area contributed by atoms with Crippen molar-refractivity contribution >= 4 is 27.4 Å². The highest BCUT2D eigenvalue weighted by atomic mass is 32.2. The number of aromatic hydroxyl groups is 2. The Bertz CT molecular complexity index is 1360. The minimum atomic E-state index is -4.60. The van der Waals surface area contributed by atoms with Crippen LogP contribution < -0.4 is 0 Å². The van der Waals surface area contributed by atoms with Gasteiger partial charge >= 0.3 is 5.71 Å². The zero-order valence-electron chi connectivity index (χ0n) is 17.0. The minimum Gasteiger partial charge on any atom is -0.508 e. The lowest BCUT2D eigenvalue weighted by Crippen LogP contribution is -2.29. The summed E-state index contributed by atoms with van der Waals surface area (Å²) >= 11 is 0. The number of rotatable bonds is 3. The molecule has 0 radical (unpaired) electrons. The van der Waals surface area contributed by atoms with Crippen molar-refractivity contribution in [3.05, 3.63) is 94.5 Å². The normalized spacial score (nSPS) is 12.9. The van der Waals surface area contributed by atoms with Gasteiger partial charge in [-0.05, 0) is 35.4 Å². The van der Waals surface area contributed by atoms with E-state index in [4.69, 9.17) is 10.1 Å². The first-order chi connectivity index (χ1) is 15.6. The van der Waals surface area contributed by atoms with Gasteiger partial charge in [-0.2, -0.15) is 13.2 Å². The van der Waals surface area contributed by atoms with Crippen LogP contribution in [0.15, 0.2) is 71.6 Å². The quantitative estimate of drug-likeness (QED) is 0.303. The van der Waals surface area contributed by atoms with Crippen molar-refractivity contribution in [2.75, 3.05) is 0 Å². The van der Waals surface area contributed by atoms with E-state index in [0.29, 0.717) is 6.42 Å². The number of phenolic OH excluding ortho intramolecular Hbond substituents is 2. The van der Waals surface area contributed by atoms with Crippen LogP contribution in [0, 0.1) is 0 Å². The number of carbonyl (C=O) groups is 2. The number of hydrogen-bond acceptors (Lipinski definition) is 6. The Hall–Kier alpha value is -4.11. The van der Waals surface area contributed by atoms with Crippen LogP contribution in [0.25, 0.3) is 5.53 Å². The second kappa shape index (κ2) is 9.58. The first-order valence-electron chi connectivity index (χ1n) is 9.56. The van der Waals surface area contributed by atoms with Gasteiger partial charge in [0, 0.05) is 12.0 Å². The molecule has 0 heterocycles. The topological polar surface area (TPSA) is 165 Å². The summed E-state index contributed by atoms with van der Waals surface area (Å²) in [6.07, 6.45) is 0.0359. The number of ketones is 2. The average molecular weight is 466 g/mol. The summed E-state index contributed by atoms with van der Waals surface area (Å²) in [4.78, 5) is 25.6. The van der Waals surface area contributed by atoms with Crippen LogP contribution >= 0.6 is 0 Å². The maximum Gasteiger partial charge on any atom is 0.347 e. The van der Waals surface area contributed by atoms with E-state index >= 15 is 0 Å². The zero-order chi connectivity index (χ0) is 24.2. The van der Waals surface area contributed by atoms with E-state index in [1.54, 1.807) is 24.3 Å². The molecule has 0 amide bonds. The molecule has 0 fully saturated rings. The highest BCUT2D eigenvalue weighted by Gasteiger charge is 2.38. The Labute approximate surface area is 188 Å². The SMILES string of the molecule is Oc1ccccc1Cc1ccccc1O.[N-]=[N+]=C1CC(=O)c2c(cccc2S(=O)(=O)O)C1=O. The van der Waals surface area contributed by atoms with Crippen molar-refractivity contribution in [3.63, 3.8) is 0 Å². The Kier molecular flexibility index (Phi) is 6.83. The molecule has 3 aromatic rings. The molecule has 0 aromatic heterocycles. The van der Waals surface area contributed by atoms with E-state index in [2.05, 4.69) is 4.79 Å². The summed E-state index contributed by atoms with van der Waals surface area (Å²) in [7, 11) is -4.60. The van der Waals surface area contributed by atoms with Gasteiger partial charge in [-0.25, -0.2) is 0 Å². The number of para-hydroxylation sites is 2. The molecule has 0 unspecified atom stereocenters. The third-order valence-corrected chi connectivity index (χ3v) is 5.80. The fourth-order valence-corrected chi connectivity index (χ4v) is 4.04. The van der Waals surface area contributed by atoms with Gasteiger partial charge in [0.1, 0.15) is 22.8 Å².